The largest absolute Gasteiger partial charge is 0.348 e. The van der Waals surface area contributed by atoms with E-state index >= 15 is 0 Å². The van der Waals surface area contributed by atoms with Gasteiger partial charge in [0.25, 0.3) is 0 Å². The maximum Gasteiger partial charge on any atom is 0.186 e. The summed E-state index contributed by atoms with van der Waals surface area (Å²) in [5.41, 5.74) is 2.45. The van der Waals surface area contributed by atoms with Crippen molar-refractivity contribution in [2.24, 2.45) is 0 Å². The monoisotopic (exact) mass is 301 g/mol. The van der Waals surface area contributed by atoms with Crippen LogP contribution in [0.1, 0.15) is 31.4 Å². The van der Waals surface area contributed by atoms with Gasteiger partial charge in [-0.15, -0.1) is 0 Å². The molecule has 1 saturated heterocycles. The first-order chi connectivity index (χ1) is 10.4. The van der Waals surface area contributed by atoms with Gasteiger partial charge in [0.1, 0.15) is 0 Å². The molecule has 3 nitrogen and oxygen atoms in total. The zero-order valence-electron chi connectivity index (χ0n) is 12.6. The minimum atomic E-state index is 0.828. The smallest absolute Gasteiger partial charge is 0.186 e. The number of rotatable bonds is 4. The Bertz CT molecular complexity index is 557. The zero-order valence-corrected chi connectivity index (χ0v) is 13.5. The Morgan fingerprint density at radius 1 is 1.10 bits per heavy atom. The summed E-state index contributed by atoms with van der Waals surface area (Å²) in [7, 11) is 1.99. The Morgan fingerprint density at radius 3 is 2.48 bits per heavy atom. The van der Waals surface area contributed by atoms with Gasteiger partial charge in [-0.3, -0.25) is 0 Å². The third-order valence-corrected chi connectivity index (χ3v) is 5.15. The van der Waals surface area contributed by atoms with Crippen LogP contribution in [0.3, 0.4) is 0 Å². The molecule has 0 amide bonds. The number of hydrogen-bond acceptors (Lipinski definition) is 4. The van der Waals surface area contributed by atoms with Crippen LogP contribution in [0, 0.1) is 0 Å². The molecule has 112 valence electrons. The fourth-order valence-corrected chi connectivity index (χ4v) is 3.98. The number of anilines is 1. The van der Waals surface area contributed by atoms with E-state index in [2.05, 4.69) is 40.5 Å². The van der Waals surface area contributed by atoms with Crippen LogP contribution in [-0.4, -0.2) is 25.1 Å². The summed E-state index contributed by atoms with van der Waals surface area (Å²) < 4.78 is 0. The Kier molecular flexibility index (Phi) is 4.88. The molecule has 0 spiro atoms. The second kappa shape index (κ2) is 7.05. The van der Waals surface area contributed by atoms with Crippen molar-refractivity contribution in [2.75, 3.05) is 25.0 Å². The van der Waals surface area contributed by atoms with Crippen molar-refractivity contribution in [3.63, 3.8) is 0 Å². The van der Waals surface area contributed by atoms with Gasteiger partial charge in [0.15, 0.2) is 5.13 Å². The molecule has 1 aliphatic heterocycles. The highest BCUT2D eigenvalue weighted by Gasteiger charge is 2.18. The van der Waals surface area contributed by atoms with E-state index in [-0.39, 0.29) is 0 Å². The van der Waals surface area contributed by atoms with Crippen LogP contribution in [0.25, 0.3) is 10.4 Å². The minimum absolute atomic E-state index is 0.828. The molecule has 4 heteroatoms. The normalized spacial score (nSPS) is 16.0. The van der Waals surface area contributed by atoms with E-state index in [1.165, 1.54) is 46.9 Å². The zero-order chi connectivity index (χ0) is 14.5. The molecule has 1 aliphatic rings. The molecule has 0 atom stereocenters. The number of nitrogens with one attached hydrogen (secondary N) is 1. The quantitative estimate of drug-likeness (QED) is 0.928. The number of thiazole rings is 1. The molecule has 0 unspecified atom stereocenters. The lowest BCUT2D eigenvalue weighted by atomic mass is 10.1. The van der Waals surface area contributed by atoms with Crippen LogP contribution in [0.2, 0.25) is 0 Å². The van der Waals surface area contributed by atoms with Gasteiger partial charge in [-0.2, -0.15) is 0 Å². The molecule has 3 rings (SSSR count). The predicted octanol–water partition coefficient (Wildman–Crippen LogP) is 3.91. The van der Waals surface area contributed by atoms with Gasteiger partial charge in [-0.1, -0.05) is 54.5 Å². The summed E-state index contributed by atoms with van der Waals surface area (Å²) in [4.78, 5) is 8.71. The van der Waals surface area contributed by atoms with Gasteiger partial charge in [0.05, 0.1) is 10.6 Å². The van der Waals surface area contributed by atoms with E-state index in [0.717, 1.165) is 19.6 Å². The van der Waals surface area contributed by atoms with Crippen molar-refractivity contribution in [3.05, 3.63) is 36.0 Å². The summed E-state index contributed by atoms with van der Waals surface area (Å²) in [5.74, 6) is 0. The first kappa shape index (κ1) is 14.5. The molecule has 1 aromatic carbocycles. The molecule has 2 heterocycles. The topological polar surface area (TPSA) is 28.2 Å². The summed E-state index contributed by atoms with van der Waals surface area (Å²) in [6.07, 6.45) is 5.30. The third kappa shape index (κ3) is 3.44. The number of hydrogen-bond donors (Lipinski definition) is 1. The number of aromatic nitrogens is 1. The SMILES string of the molecule is CNCc1nc(N2CCCCCC2)sc1-c1ccccc1. The van der Waals surface area contributed by atoms with Gasteiger partial charge in [-0.25, -0.2) is 4.98 Å². The van der Waals surface area contributed by atoms with Gasteiger partial charge in [0.2, 0.25) is 0 Å². The van der Waals surface area contributed by atoms with E-state index in [0.29, 0.717) is 0 Å². The average molecular weight is 301 g/mol. The van der Waals surface area contributed by atoms with Crippen molar-refractivity contribution in [2.45, 2.75) is 32.2 Å². The lowest BCUT2D eigenvalue weighted by Crippen LogP contribution is -2.23. The third-order valence-electron chi connectivity index (χ3n) is 3.94. The number of benzene rings is 1. The van der Waals surface area contributed by atoms with Crippen LogP contribution >= 0.6 is 11.3 Å². The molecule has 1 aromatic heterocycles. The first-order valence-corrected chi connectivity index (χ1v) is 8.65. The fraction of sp³-hybridized carbons (Fsp3) is 0.471. The summed E-state index contributed by atoms with van der Waals surface area (Å²) in [5, 5.41) is 4.44. The van der Waals surface area contributed by atoms with Crippen molar-refractivity contribution in [1.29, 1.82) is 0 Å². The van der Waals surface area contributed by atoms with Crippen LogP contribution in [0.5, 0.6) is 0 Å². The van der Waals surface area contributed by atoms with Crippen molar-refractivity contribution < 1.29 is 0 Å². The summed E-state index contributed by atoms with van der Waals surface area (Å²) in [6.45, 7) is 3.13. The van der Waals surface area contributed by atoms with Gasteiger partial charge >= 0.3 is 0 Å². The van der Waals surface area contributed by atoms with E-state index in [1.807, 2.05) is 18.4 Å². The van der Waals surface area contributed by atoms with Crippen LogP contribution in [-0.2, 0) is 6.54 Å². The molecule has 0 saturated carbocycles. The highest BCUT2D eigenvalue weighted by molar-refractivity contribution is 7.19. The van der Waals surface area contributed by atoms with Gasteiger partial charge in [-0.05, 0) is 25.5 Å². The van der Waals surface area contributed by atoms with Crippen LogP contribution in [0.15, 0.2) is 30.3 Å². The van der Waals surface area contributed by atoms with Crippen molar-refractivity contribution >= 4 is 16.5 Å². The number of nitrogens with zero attached hydrogens (tertiary/aromatic N) is 2. The van der Waals surface area contributed by atoms with Gasteiger partial charge in [0, 0.05) is 19.6 Å². The first-order valence-electron chi connectivity index (χ1n) is 7.83. The highest BCUT2D eigenvalue weighted by atomic mass is 32.1. The second-order valence-electron chi connectivity index (χ2n) is 5.57. The average Bonchev–Trinajstić information content (AvgIpc) is 2.75. The lowest BCUT2D eigenvalue weighted by Gasteiger charge is -2.18. The molecule has 2 aromatic rings. The second-order valence-corrected chi connectivity index (χ2v) is 6.55. The summed E-state index contributed by atoms with van der Waals surface area (Å²) in [6, 6.07) is 10.6. The van der Waals surface area contributed by atoms with E-state index in [1.54, 1.807) is 0 Å². The van der Waals surface area contributed by atoms with E-state index in [4.69, 9.17) is 4.98 Å². The standard InChI is InChI=1S/C17H23N3S/c1-18-13-15-16(14-9-5-4-6-10-14)21-17(19-15)20-11-7-2-3-8-12-20/h4-6,9-10,18H,2-3,7-8,11-13H2,1H3. The minimum Gasteiger partial charge on any atom is -0.348 e. The van der Waals surface area contributed by atoms with Gasteiger partial charge < -0.3 is 10.2 Å². The van der Waals surface area contributed by atoms with E-state index in [9.17, 15) is 0 Å². The Balaban J connectivity index is 1.92. The molecular weight excluding hydrogens is 278 g/mol. The van der Waals surface area contributed by atoms with Crippen molar-refractivity contribution in [3.8, 4) is 10.4 Å². The van der Waals surface area contributed by atoms with Crippen LogP contribution in [0.4, 0.5) is 5.13 Å². The highest BCUT2D eigenvalue weighted by Crippen LogP contribution is 2.35. The fourth-order valence-electron chi connectivity index (χ4n) is 2.84. The molecule has 1 fully saturated rings. The molecule has 0 radical (unpaired) electrons. The molecule has 0 aliphatic carbocycles. The molecule has 1 N–H and O–H groups in total. The van der Waals surface area contributed by atoms with Crippen LogP contribution < -0.4 is 10.2 Å². The summed E-state index contributed by atoms with van der Waals surface area (Å²) >= 11 is 1.84. The van der Waals surface area contributed by atoms with Crippen molar-refractivity contribution in [1.82, 2.24) is 10.3 Å². The Labute approximate surface area is 131 Å². The lowest BCUT2D eigenvalue weighted by molar-refractivity contribution is 0.726. The predicted molar refractivity (Wildman–Crippen MR) is 91.0 cm³/mol. The Morgan fingerprint density at radius 2 is 1.81 bits per heavy atom. The van der Waals surface area contributed by atoms with E-state index < -0.39 is 0 Å². The maximum absolute atomic E-state index is 4.92. The molecule has 21 heavy (non-hydrogen) atoms. The maximum atomic E-state index is 4.92. The Hall–Kier alpha value is -1.39. The molecule has 0 bridgehead atoms. The molecular formula is C17H23N3S.